The summed E-state index contributed by atoms with van der Waals surface area (Å²) in [5, 5.41) is 0. The zero-order chi connectivity index (χ0) is 22.7. The number of hydrogen-bond acceptors (Lipinski definition) is 12. The van der Waals surface area contributed by atoms with Gasteiger partial charge in [-0.05, 0) is 27.7 Å². The fraction of sp³-hybridized carbons (Fsp3) is 0.611. The molecule has 0 aliphatic carbocycles. The van der Waals surface area contributed by atoms with E-state index < -0.39 is 47.4 Å². The lowest BCUT2D eigenvalue weighted by molar-refractivity contribution is -0.158. The Kier molecular flexibility index (Phi) is 10.1. The summed E-state index contributed by atoms with van der Waals surface area (Å²) in [6, 6.07) is -0.341. The lowest BCUT2D eigenvalue weighted by atomic mass is 10.1. The molecule has 0 radical (unpaired) electrons. The Bertz CT molecular complexity index is 675. The molecule has 0 saturated carbocycles. The van der Waals surface area contributed by atoms with Gasteiger partial charge in [-0.3, -0.25) is 19.2 Å². The second kappa shape index (κ2) is 12.3. The number of nitrogens with zero attached hydrogens (tertiary/aromatic N) is 3. The molecule has 30 heavy (non-hydrogen) atoms. The highest BCUT2D eigenvalue weighted by molar-refractivity contribution is 6.01. The van der Waals surface area contributed by atoms with Crippen molar-refractivity contribution in [2.24, 2.45) is 0 Å². The molecular formula is C18H25N3O9. The van der Waals surface area contributed by atoms with Crippen molar-refractivity contribution in [1.82, 2.24) is 15.0 Å². The van der Waals surface area contributed by atoms with E-state index >= 15 is 0 Å². The predicted octanol–water partition coefficient (Wildman–Crippen LogP) is 0.300. The van der Waals surface area contributed by atoms with E-state index in [2.05, 4.69) is 15.0 Å². The number of carbonyl (C=O) groups is 4. The third kappa shape index (κ3) is 6.36. The van der Waals surface area contributed by atoms with Crippen molar-refractivity contribution in [2.45, 2.75) is 39.5 Å². The van der Waals surface area contributed by atoms with E-state index in [1.165, 1.54) is 7.11 Å². The summed E-state index contributed by atoms with van der Waals surface area (Å²) in [6.07, 6.45) is 0. The molecule has 0 aromatic carbocycles. The average molecular weight is 427 g/mol. The highest BCUT2D eigenvalue weighted by Gasteiger charge is 2.39. The Labute approximate surface area is 173 Å². The number of esters is 4. The Hall–Kier alpha value is -3.31. The third-order valence-corrected chi connectivity index (χ3v) is 3.44. The maximum absolute atomic E-state index is 12.4. The summed E-state index contributed by atoms with van der Waals surface area (Å²) in [5.41, 5.74) is 0. The monoisotopic (exact) mass is 427 g/mol. The first-order chi connectivity index (χ1) is 14.3. The van der Waals surface area contributed by atoms with Crippen LogP contribution in [0.4, 0.5) is 0 Å². The molecule has 1 aromatic heterocycles. The van der Waals surface area contributed by atoms with Crippen LogP contribution in [0.3, 0.4) is 0 Å². The molecule has 0 N–H and O–H groups in total. The van der Waals surface area contributed by atoms with Crippen LogP contribution >= 0.6 is 0 Å². The molecule has 12 nitrogen and oxygen atoms in total. The van der Waals surface area contributed by atoms with Gasteiger partial charge in [-0.15, -0.1) is 0 Å². The molecule has 0 atom stereocenters. The molecule has 0 spiro atoms. The number of carbonyl (C=O) groups excluding carboxylic acids is 4. The van der Waals surface area contributed by atoms with Crippen LogP contribution in [0.25, 0.3) is 0 Å². The first kappa shape index (κ1) is 24.7. The van der Waals surface area contributed by atoms with Crippen LogP contribution in [0.5, 0.6) is 6.01 Å². The quantitative estimate of drug-likeness (QED) is 0.271. The van der Waals surface area contributed by atoms with Gasteiger partial charge < -0.3 is 23.7 Å². The number of hydrogen-bond donors (Lipinski definition) is 0. The van der Waals surface area contributed by atoms with E-state index in [-0.39, 0.29) is 32.4 Å². The molecular weight excluding hydrogens is 402 g/mol. The molecule has 166 valence electrons. The Balaban J connectivity index is 3.58. The highest BCUT2D eigenvalue weighted by Crippen LogP contribution is 2.23. The van der Waals surface area contributed by atoms with Crippen molar-refractivity contribution < 1.29 is 42.9 Å². The van der Waals surface area contributed by atoms with E-state index in [0.29, 0.717) is 0 Å². The molecule has 0 aliphatic heterocycles. The normalized spacial score (nSPS) is 10.5. The van der Waals surface area contributed by atoms with Crippen molar-refractivity contribution in [1.29, 1.82) is 0 Å². The van der Waals surface area contributed by atoms with Crippen LogP contribution in [-0.4, -0.2) is 72.4 Å². The molecule has 1 heterocycles. The molecule has 1 rings (SSSR count). The zero-order valence-corrected chi connectivity index (χ0v) is 17.5. The third-order valence-electron chi connectivity index (χ3n) is 3.44. The van der Waals surface area contributed by atoms with Crippen LogP contribution < -0.4 is 4.74 Å². The van der Waals surface area contributed by atoms with Gasteiger partial charge in [0.2, 0.25) is 11.8 Å². The van der Waals surface area contributed by atoms with Crippen LogP contribution in [0.1, 0.15) is 51.2 Å². The summed E-state index contributed by atoms with van der Waals surface area (Å²) in [6.45, 7) is 6.15. The van der Waals surface area contributed by atoms with E-state index in [4.69, 9.17) is 23.7 Å². The molecule has 0 bridgehead atoms. The minimum Gasteiger partial charge on any atom is -0.467 e. The minimum atomic E-state index is -1.68. The number of ether oxygens (including phenoxy) is 5. The van der Waals surface area contributed by atoms with Gasteiger partial charge in [-0.2, -0.15) is 9.97 Å². The van der Waals surface area contributed by atoms with E-state index in [1.54, 1.807) is 27.7 Å². The SMILES string of the molecule is CCOC(=O)C(C(=O)OCC)c1nc(OC)nc(C(C(=O)OCC)C(=O)OCC)n1. The van der Waals surface area contributed by atoms with Gasteiger partial charge in [0.25, 0.3) is 0 Å². The Morgan fingerprint density at radius 3 is 1.17 bits per heavy atom. The topological polar surface area (TPSA) is 153 Å². The fourth-order valence-corrected chi connectivity index (χ4v) is 2.25. The molecule has 0 amide bonds. The maximum Gasteiger partial charge on any atom is 0.328 e. The summed E-state index contributed by atoms with van der Waals surface area (Å²) in [7, 11) is 1.22. The van der Waals surface area contributed by atoms with Gasteiger partial charge in [0.1, 0.15) is 0 Å². The minimum absolute atomic E-state index is 0.0158. The summed E-state index contributed by atoms with van der Waals surface area (Å²) >= 11 is 0. The zero-order valence-electron chi connectivity index (χ0n) is 17.5. The van der Waals surface area contributed by atoms with Gasteiger partial charge in [0.05, 0.1) is 33.5 Å². The van der Waals surface area contributed by atoms with Crippen molar-refractivity contribution in [3.05, 3.63) is 11.6 Å². The van der Waals surface area contributed by atoms with E-state index in [9.17, 15) is 19.2 Å². The number of aromatic nitrogens is 3. The van der Waals surface area contributed by atoms with Crippen LogP contribution in [0.2, 0.25) is 0 Å². The largest absolute Gasteiger partial charge is 0.467 e. The van der Waals surface area contributed by atoms with Crippen LogP contribution in [0.15, 0.2) is 0 Å². The van der Waals surface area contributed by atoms with Crippen molar-refractivity contribution in [3.63, 3.8) is 0 Å². The second-order valence-corrected chi connectivity index (χ2v) is 5.41. The average Bonchev–Trinajstić information content (AvgIpc) is 2.69. The molecule has 1 aromatic rings. The maximum atomic E-state index is 12.4. The standard InChI is InChI=1S/C18H25N3O9/c1-6-27-14(22)10(15(23)28-7-2)12-19-13(21-18(20-12)26-5)11(16(24)29-8-3)17(25)30-9-4/h10-11H,6-9H2,1-5H3. The predicted molar refractivity (Wildman–Crippen MR) is 98.4 cm³/mol. The van der Waals surface area contributed by atoms with Gasteiger partial charge in [0, 0.05) is 0 Å². The Morgan fingerprint density at radius 1 is 0.633 bits per heavy atom. The van der Waals surface area contributed by atoms with Gasteiger partial charge in [-0.1, -0.05) is 0 Å². The van der Waals surface area contributed by atoms with Crippen molar-refractivity contribution >= 4 is 23.9 Å². The summed E-state index contributed by atoms with van der Waals surface area (Å²) in [5.74, 6) is -8.06. The Morgan fingerprint density at radius 2 is 0.933 bits per heavy atom. The van der Waals surface area contributed by atoms with Crippen molar-refractivity contribution in [2.75, 3.05) is 33.5 Å². The number of rotatable bonds is 11. The lowest BCUT2D eigenvalue weighted by Gasteiger charge is -2.17. The second-order valence-electron chi connectivity index (χ2n) is 5.41. The first-order valence-electron chi connectivity index (χ1n) is 9.30. The molecule has 0 aliphatic rings. The van der Waals surface area contributed by atoms with Gasteiger partial charge >= 0.3 is 29.9 Å². The van der Waals surface area contributed by atoms with Gasteiger partial charge in [0.15, 0.2) is 11.6 Å². The van der Waals surface area contributed by atoms with Crippen LogP contribution in [-0.2, 0) is 38.1 Å². The van der Waals surface area contributed by atoms with Gasteiger partial charge in [-0.25, -0.2) is 4.98 Å². The molecule has 0 fully saturated rings. The van der Waals surface area contributed by atoms with E-state index in [0.717, 1.165) is 0 Å². The highest BCUT2D eigenvalue weighted by atomic mass is 16.6. The lowest BCUT2D eigenvalue weighted by Crippen LogP contribution is -2.31. The fourth-order valence-electron chi connectivity index (χ4n) is 2.25. The first-order valence-corrected chi connectivity index (χ1v) is 9.30. The van der Waals surface area contributed by atoms with Crippen LogP contribution in [0, 0.1) is 0 Å². The van der Waals surface area contributed by atoms with Crippen molar-refractivity contribution in [3.8, 4) is 6.01 Å². The molecule has 0 unspecified atom stereocenters. The number of methoxy groups -OCH3 is 1. The molecule has 0 saturated heterocycles. The summed E-state index contributed by atoms with van der Waals surface area (Å²) in [4.78, 5) is 61.3. The smallest absolute Gasteiger partial charge is 0.328 e. The van der Waals surface area contributed by atoms with E-state index in [1.807, 2.05) is 0 Å². The summed E-state index contributed by atoms with van der Waals surface area (Å²) < 4.78 is 24.6. The molecule has 12 heteroatoms.